The van der Waals surface area contributed by atoms with Crippen LogP contribution in [0.3, 0.4) is 0 Å². The summed E-state index contributed by atoms with van der Waals surface area (Å²) in [4.78, 5) is 10.9. The highest BCUT2D eigenvalue weighted by molar-refractivity contribution is 5.85. The lowest BCUT2D eigenvalue weighted by Crippen LogP contribution is -2.21. The molecule has 0 amide bonds. The average molecular weight is 264 g/mol. The van der Waals surface area contributed by atoms with Crippen LogP contribution in [0.5, 0.6) is 0 Å². The molecule has 0 spiro atoms. The van der Waals surface area contributed by atoms with Crippen molar-refractivity contribution < 1.29 is 18.7 Å². The van der Waals surface area contributed by atoms with Crippen molar-refractivity contribution in [2.24, 2.45) is 5.92 Å². The van der Waals surface area contributed by atoms with E-state index in [0.29, 0.717) is 13.1 Å². The molecule has 0 bridgehead atoms. The van der Waals surface area contributed by atoms with Crippen LogP contribution in [0.25, 0.3) is 0 Å². The number of halogens is 3. The first-order valence-corrected chi connectivity index (χ1v) is 4.98. The van der Waals surface area contributed by atoms with Gasteiger partial charge >= 0.3 is 5.97 Å². The molecule has 1 aliphatic heterocycles. The van der Waals surface area contributed by atoms with Crippen LogP contribution in [0.1, 0.15) is 11.5 Å². The summed E-state index contributed by atoms with van der Waals surface area (Å²) in [5, 5.41) is 11.9. The Morgan fingerprint density at radius 1 is 1.35 bits per heavy atom. The molecule has 2 atom stereocenters. The molecule has 1 aromatic rings. The number of hydrogen-bond donors (Lipinski definition) is 2. The fourth-order valence-electron chi connectivity index (χ4n) is 2.07. The van der Waals surface area contributed by atoms with E-state index in [1.165, 1.54) is 6.07 Å². The Kier molecular flexibility index (Phi) is 4.42. The van der Waals surface area contributed by atoms with Gasteiger partial charge in [-0.2, -0.15) is 0 Å². The van der Waals surface area contributed by atoms with Crippen LogP contribution in [-0.4, -0.2) is 24.2 Å². The lowest BCUT2D eigenvalue weighted by molar-refractivity contribution is -0.141. The summed E-state index contributed by atoms with van der Waals surface area (Å²) >= 11 is 0. The van der Waals surface area contributed by atoms with Crippen molar-refractivity contribution in [1.29, 1.82) is 0 Å². The molecular weight excluding hydrogens is 252 g/mol. The number of benzene rings is 1. The van der Waals surface area contributed by atoms with E-state index in [0.717, 1.165) is 12.1 Å². The van der Waals surface area contributed by atoms with Crippen LogP contribution < -0.4 is 5.32 Å². The minimum absolute atomic E-state index is 0. The van der Waals surface area contributed by atoms with Gasteiger partial charge < -0.3 is 10.4 Å². The van der Waals surface area contributed by atoms with Gasteiger partial charge in [0.25, 0.3) is 0 Å². The third-order valence-electron chi connectivity index (χ3n) is 2.89. The zero-order valence-electron chi connectivity index (χ0n) is 8.82. The van der Waals surface area contributed by atoms with Gasteiger partial charge in [-0.1, -0.05) is 6.07 Å². The van der Waals surface area contributed by atoms with Gasteiger partial charge in [0.15, 0.2) is 0 Å². The van der Waals surface area contributed by atoms with E-state index >= 15 is 0 Å². The number of hydrogen-bond acceptors (Lipinski definition) is 2. The van der Waals surface area contributed by atoms with E-state index in [1.807, 2.05) is 0 Å². The number of carboxylic acids is 1. The minimum Gasteiger partial charge on any atom is -0.481 e. The zero-order valence-corrected chi connectivity index (χ0v) is 9.64. The largest absolute Gasteiger partial charge is 0.481 e. The third kappa shape index (κ3) is 2.73. The van der Waals surface area contributed by atoms with Gasteiger partial charge in [0.05, 0.1) is 5.92 Å². The van der Waals surface area contributed by atoms with Gasteiger partial charge in [0.1, 0.15) is 11.6 Å². The summed E-state index contributed by atoms with van der Waals surface area (Å²) in [7, 11) is 0. The van der Waals surface area contributed by atoms with E-state index in [9.17, 15) is 13.6 Å². The number of nitrogens with one attached hydrogen (secondary N) is 1. The number of carboxylic acid groups (broad SMARTS) is 1. The highest BCUT2D eigenvalue weighted by Gasteiger charge is 2.35. The Balaban J connectivity index is 0.00000144. The van der Waals surface area contributed by atoms with Crippen LogP contribution in [0, 0.1) is 17.6 Å². The molecule has 0 saturated carbocycles. The van der Waals surface area contributed by atoms with E-state index in [2.05, 4.69) is 5.32 Å². The molecule has 1 aromatic carbocycles. The molecule has 2 N–H and O–H groups in total. The van der Waals surface area contributed by atoms with E-state index in [1.54, 1.807) is 0 Å². The predicted molar refractivity (Wildman–Crippen MR) is 60.3 cm³/mol. The quantitative estimate of drug-likeness (QED) is 0.855. The summed E-state index contributed by atoms with van der Waals surface area (Å²) in [6.07, 6.45) is 0. The average Bonchev–Trinajstić information content (AvgIpc) is 2.66. The molecule has 0 aliphatic carbocycles. The molecule has 1 fully saturated rings. The Hall–Kier alpha value is -1.20. The van der Waals surface area contributed by atoms with Crippen LogP contribution >= 0.6 is 12.4 Å². The lowest BCUT2D eigenvalue weighted by atomic mass is 9.89. The van der Waals surface area contributed by atoms with Gasteiger partial charge in [-0.3, -0.25) is 4.79 Å². The maximum absolute atomic E-state index is 13.5. The Morgan fingerprint density at radius 3 is 2.65 bits per heavy atom. The first kappa shape index (κ1) is 13.9. The maximum Gasteiger partial charge on any atom is 0.308 e. The smallest absolute Gasteiger partial charge is 0.308 e. The van der Waals surface area contributed by atoms with Gasteiger partial charge in [0, 0.05) is 25.1 Å². The number of carbonyl (C=O) groups is 1. The number of rotatable bonds is 2. The van der Waals surface area contributed by atoms with Crippen LogP contribution in [0.15, 0.2) is 18.2 Å². The Bertz CT molecular complexity index is 428. The second kappa shape index (κ2) is 5.42. The lowest BCUT2D eigenvalue weighted by Gasteiger charge is -2.15. The third-order valence-corrected chi connectivity index (χ3v) is 2.89. The molecule has 94 valence electrons. The monoisotopic (exact) mass is 263 g/mol. The molecule has 0 radical (unpaired) electrons. The molecule has 1 heterocycles. The molecule has 17 heavy (non-hydrogen) atoms. The van der Waals surface area contributed by atoms with E-state index in [4.69, 9.17) is 5.11 Å². The minimum atomic E-state index is -0.960. The summed E-state index contributed by atoms with van der Waals surface area (Å²) < 4.78 is 26.2. The highest BCUT2D eigenvalue weighted by Crippen LogP contribution is 2.30. The summed E-state index contributed by atoms with van der Waals surface area (Å²) in [5.41, 5.74) is 0.263. The fourth-order valence-corrected chi connectivity index (χ4v) is 2.07. The molecule has 1 saturated heterocycles. The Labute approximate surface area is 103 Å². The van der Waals surface area contributed by atoms with Crippen molar-refractivity contribution in [3.05, 3.63) is 35.4 Å². The molecular formula is C11H12ClF2NO2. The maximum atomic E-state index is 13.5. The molecule has 0 unspecified atom stereocenters. The first-order chi connectivity index (χ1) is 7.59. The van der Waals surface area contributed by atoms with Crippen LogP contribution in [-0.2, 0) is 4.79 Å². The normalized spacial score (nSPS) is 23.2. The van der Waals surface area contributed by atoms with Gasteiger partial charge in [0.2, 0.25) is 0 Å². The SMILES string of the molecule is Cl.O=C(O)[C@@H]1CNC[C@H]1c1ccc(F)cc1F. The summed E-state index contributed by atoms with van der Waals surface area (Å²) in [5.74, 6) is -3.38. The molecule has 1 aliphatic rings. The van der Waals surface area contributed by atoms with Crippen molar-refractivity contribution in [2.45, 2.75) is 5.92 Å². The van der Waals surface area contributed by atoms with Gasteiger partial charge in [-0.25, -0.2) is 8.78 Å². The summed E-state index contributed by atoms with van der Waals surface area (Å²) in [6.45, 7) is 0.719. The van der Waals surface area contributed by atoms with Crippen molar-refractivity contribution in [2.75, 3.05) is 13.1 Å². The summed E-state index contributed by atoms with van der Waals surface area (Å²) in [6, 6.07) is 3.25. The standard InChI is InChI=1S/C11H11F2NO2.ClH/c12-6-1-2-7(10(13)3-6)8-4-14-5-9(8)11(15)16;/h1-3,8-9,14H,4-5H2,(H,15,16);1H/t8-,9+;/m0./s1. The predicted octanol–water partition coefficient (Wildman–Crippen LogP) is 1.77. The van der Waals surface area contributed by atoms with Crippen molar-refractivity contribution in [3.63, 3.8) is 0 Å². The highest BCUT2D eigenvalue weighted by atomic mass is 35.5. The van der Waals surface area contributed by atoms with Crippen LogP contribution in [0.2, 0.25) is 0 Å². The van der Waals surface area contributed by atoms with Crippen molar-refractivity contribution >= 4 is 18.4 Å². The molecule has 3 nitrogen and oxygen atoms in total. The second-order valence-electron chi connectivity index (χ2n) is 3.88. The molecule has 2 rings (SSSR count). The van der Waals surface area contributed by atoms with Gasteiger partial charge in [-0.05, 0) is 11.6 Å². The van der Waals surface area contributed by atoms with Gasteiger partial charge in [-0.15, -0.1) is 12.4 Å². The van der Waals surface area contributed by atoms with Crippen molar-refractivity contribution in [3.8, 4) is 0 Å². The van der Waals surface area contributed by atoms with Crippen molar-refractivity contribution in [1.82, 2.24) is 5.32 Å². The van der Waals surface area contributed by atoms with E-state index in [-0.39, 0.29) is 18.0 Å². The number of aliphatic carboxylic acids is 1. The first-order valence-electron chi connectivity index (χ1n) is 4.98. The van der Waals surface area contributed by atoms with Crippen LogP contribution in [0.4, 0.5) is 8.78 Å². The topological polar surface area (TPSA) is 49.3 Å². The molecule has 0 aromatic heterocycles. The second-order valence-corrected chi connectivity index (χ2v) is 3.88. The molecule has 6 heteroatoms. The van der Waals surface area contributed by atoms with E-state index < -0.39 is 29.4 Å². The zero-order chi connectivity index (χ0) is 11.7. The Morgan fingerprint density at radius 2 is 2.06 bits per heavy atom. The fraction of sp³-hybridized carbons (Fsp3) is 0.364.